The number of carbonyl (C=O) groups excluding carboxylic acids is 3. The van der Waals surface area contributed by atoms with Crippen molar-refractivity contribution in [1.29, 1.82) is 0 Å². The predicted molar refractivity (Wildman–Crippen MR) is 165 cm³/mol. The number of hydrogen-bond acceptors (Lipinski definition) is 6. The van der Waals surface area contributed by atoms with Gasteiger partial charge in [0.15, 0.2) is 0 Å². The summed E-state index contributed by atoms with van der Waals surface area (Å²) >= 11 is 0. The lowest BCUT2D eigenvalue weighted by molar-refractivity contribution is 0.0610. The van der Waals surface area contributed by atoms with Crippen LogP contribution in [-0.2, 0) is 10.0 Å². The molecule has 1 aliphatic heterocycles. The molecule has 4 aromatic carbocycles. The number of hydrogen-bond donors (Lipinski definition) is 0. The Kier molecular flexibility index (Phi) is 8.61. The summed E-state index contributed by atoms with van der Waals surface area (Å²) in [5.74, 6) is -0.439. The average molecular weight is 600 g/mol. The van der Waals surface area contributed by atoms with Crippen LogP contribution < -0.4 is 9.64 Å². The molecule has 0 aromatic heterocycles. The normalized spacial score (nSPS) is 13.1. The minimum atomic E-state index is -3.67. The Morgan fingerprint density at radius 1 is 0.814 bits per heavy atom. The van der Waals surface area contributed by atoms with Gasteiger partial charge in [0.2, 0.25) is 10.0 Å². The van der Waals surface area contributed by atoms with E-state index in [2.05, 4.69) is 0 Å². The van der Waals surface area contributed by atoms with Crippen LogP contribution >= 0.6 is 0 Å². The maximum Gasteiger partial charge on any atom is 0.261 e. The lowest BCUT2D eigenvalue weighted by Gasteiger charge is -2.29. The molecule has 0 N–H and O–H groups in total. The Morgan fingerprint density at radius 2 is 1.40 bits per heavy atom. The van der Waals surface area contributed by atoms with E-state index in [9.17, 15) is 22.8 Å². The number of rotatable bonds is 11. The SMILES string of the molecule is CCN(CC)S(=O)(=O)c1ccc(C(=O)N(CCCN2C(=O)c3cccc4cccc(c34)C2=O)c2ccc(OC)cc2)cc1. The second-order valence-electron chi connectivity index (χ2n) is 10.1. The highest BCUT2D eigenvalue weighted by Crippen LogP contribution is 2.30. The van der Waals surface area contributed by atoms with Crippen LogP contribution in [0.4, 0.5) is 5.69 Å². The monoisotopic (exact) mass is 599 g/mol. The minimum absolute atomic E-state index is 0.112. The molecule has 0 saturated heterocycles. The van der Waals surface area contributed by atoms with Crippen LogP contribution in [0.5, 0.6) is 5.75 Å². The summed E-state index contributed by atoms with van der Waals surface area (Å²) in [6, 6.07) is 23.7. The zero-order chi connectivity index (χ0) is 30.7. The number of imide groups is 1. The number of nitrogens with zero attached hydrogens (tertiary/aromatic N) is 3. The van der Waals surface area contributed by atoms with E-state index in [1.165, 1.54) is 33.5 Å². The Balaban J connectivity index is 1.38. The molecule has 0 saturated carbocycles. The number of anilines is 1. The fourth-order valence-electron chi connectivity index (χ4n) is 5.42. The van der Waals surface area contributed by atoms with Crippen molar-refractivity contribution in [3.63, 3.8) is 0 Å². The summed E-state index contributed by atoms with van der Waals surface area (Å²) in [5, 5.41) is 1.50. The van der Waals surface area contributed by atoms with Crippen LogP contribution in [0.15, 0.2) is 89.8 Å². The van der Waals surface area contributed by atoms with E-state index in [4.69, 9.17) is 4.74 Å². The second kappa shape index (κ2) is 12.4. The summed E-state index contributed by atoms with van der Waals surface area (Å²) in [6.07, 6.45) is 0.321. The Labute approximate surface area is 251 Å². The van der Waals surface area contributed by atoms with Crippen molar-refractivity contribution in [2.75, 3.05) is 38.2 Å². The van der Waals surface area contributed by atoms with E-state index in [0.717, 1.165) is 5.39 Å². The quantitative estimate of drug-likeness (QED) is 0.219. The van der Waals surface area contributed by atoms with Gasteiger partial charge in [0.25, 0.3) is 17.7 Å². The molecule has 3 amide bonds. The van der Waals surface area contributed by atoms with Gasteiger partial charge < -0.3 is 9.64 Å². The molecular weight excluding hydrogens is 566 g/mol. The second-order valence-corrected chi connectivity index (χ2v) is 12.0. The molecule has 43 heavy (non-hydrogen) atoms. The van der Waals surface area contributed by atoms with Crippen molar-refractivity contribution in [2.24, 2.45) is 0 Å². The smallest absolute Gasteiger partial charge is 0.261 e. The van der Waals surface area contributed by atoms with Crippen LogP contribution in [0.25, 0.3) is 10.8 Å². The van der Waals surface area contributed by atoms with Gasteiger partial charge in [-0.25, -0.2) is 8.42 Å². The summed E-state index contributed by atoms with van der Waals surface area (Å²) < 4.78 is 32.5. The lowest BCUT2D eigenvalue weighted by atomic mass is 9.94. The zero-order valence-corrected chi connectivity index (χ0v) is 25.1. The van der Waals surface area contributed by atoms with Gasteiger partial charge in [0.05, 0.1) is 12.0 Å². The minimum Gasteiger partial charge on any atom is -0.497 e. The van der Waals surface area contributed by atoms with Gasteiger partial charge in [-0.3, -0.25) is 19.3 Å². The number of ether oxygens (including phenoxy) is 1. The third kappa shape index (κ3) is 5.63. The van der Waals surface area contributed by atoms with Gasteiger partial charge >= 0.3 is 0 Å². The number of amides is 3. The molecule has 0 bridgehead atoms. The first-order valence-corrected chi connectivity index (χ1v) is 15.6. The van der Waals surface area contributed by atoms with Gasteiger partial charge in [0, 0.05) is 53.9 Å². The number of carbonyl (C=O) groups is 3. The van der Waals surface area contributed by atoms with E-state index in [1.807, 2.05) is 12.1 Å². The van der Waals surface area contributed by atoms with Crippen molar-refractivity contribution in [2.45, 2.75) is 25.2 Å². The van der Waals surface area contributed by atoms with Gasteiger partial charge in [0.1, 0.15) is 5.75 Å². The van der Waals surface area contributed by atoms with Gasteiger partial charge in [-0.1, -0.05) is 38.1 Å². The first kappa shape index (κ1) is 29.9. The van der Waals surface area contributed by atoms with E-state index in [1.54, 1.807) is 74.4 Å². The highest BCUT2D eigenvalue weighted by Gasteiger charge is 2.32. The van der Waals surface area contributed by atoms with Gasteiger partial charge in [-0.05, 0) is 72.5 Å². The van der Waals surface area contributed by atoms with Crippen LogP contribution in [0, 0.1) is 0 Å². The molecule has 9 nitrogen and oxygen atoms in total. The van der Waals surface area contributed by atoms with E-state index >= 15 is 0 Å². The topological polar surface area (TPSA) is 104 Å². The molecule has 1 aliphatic rings. The molecule has 0 fully saturated rings. The highest BCUT2D eigenvalue weighted by molar-refractivity contribution is 7.89. The van der Waals surface area contributed by atoms with Crippen molar-refractivity contribution in [3.8, 4) is 5.75 Å². The van der Waals surface area contributed by atoms with Crippen molar-refractivity contribution >= 4 is 44.2 Å². The summed E-state index contributed by atoms with van der Waals surface area (Å²) in [6.45, 7) is 4.55. The van der Waals surface area contributed by atoms with Gasteiger partial charge in [-0.2, -0.15) is 4.31 Å². The number of methoxy groups -OCH3 is 1. The third-order valence-electron chi connectivity index (χ3n) is 7.69. The molecule has 0 radical (unpaired) electrons. The van der Waals surface area contributed by atoms with E-state index in [-0.39, 0.29) is 35.7 Å². The summed E-state index contributed by atoms with van der Waals surface area (Å²) in [5.41, 5.74) is 1.86. The maximum atomic E-state index is 13.8. The molecule has 0 spiro atoms. The fraction of sp³-hybridized carbons (Fsp3) is 0.242. The predicted octanol–water partition coefficient (Wildman–Crippen LogP) is 5.21. The molecule has 1 heterocycles. The molecule has 4 aromatic rings. The van der Waals surface area contributed by atoms with Crippen LogP contribution in [0.3, 0.4) is 0 Å². The average Bonchev–Trinajstić information content (AvgIpc) is 3.03. The highest BCUT2D eigenvalue weighted by atomic mass is 32.2. The van der Waals surface area contributed by atoms with Crippen molar-refractivity contribution < 1.29 is 27.5 Å². The summed E-state index contributed by atoms with van der Waals surface area (Å²) in [7, 11) is -2.12. The van der Waals surface area contributed by atoms with Gasteiger partial charge in [-0.15, -0.1) is 0 Å². The number of benzene rings is 4. The molecule has 5 rings (SSSR count). The zero-order valence-electron chi connectivity index (χ0n) is 24.3. The fourth-order valence-corrected chi connectivity index (χ4v) is 6.88. The first-order chi connectivity index (χ1) is 20.7. The van der Waals surface area contributed by atoms with Crippen molar-refractivity contribution in [3.05, 3.63) is 102 Å². The maximum absolute atomic E-state index is 13.8. The molecular formula is C33H33N3O6S. The Hall–Kier alpha value is -4.54. The first-order valence-electron chi connectivity index (χ1n) is 14.1. The Bertz CT molecular complexity index is 1730. The summed E-state index contributed by atoms with van der Waals surface area (Å²) in [4.78, 5) is 43.4. The molecule has 222 valence electrons. The molecule has 10 heteroatoms. The van der Waals surface area contributed by atoms with Crippen molar-refractivity contribution in [1.82, 2.24) is 9.21 Å². The molecule has 0 atom stereocenters. The number of sulfonamides is 1. The Morgan fingerprint density at radius 3 is 1.93 bits per heavy atom. The largest absolute Gasteiger partial charge is 0.497 e. The molecule has 0 unspecified atom stereocenters. The van der Waals surface area contributed by atoms with E-state index in [0.29, 0.717) is 53.0 Å². The third-order valence-corrected chi connectivity index (χ3v) is 9.76. The van der Waals surface area contributed by atoms with Crippen LogP contribution in [-0.4, -0.2) is 68.6 Å². The lowest BCUT2D eigenvalue weighted by Crippen LogP contribution is -2.42. The standard InChI is InChI=1S/C33H33N3O6S/c1-4-34(5-2)43(40,41)27-19-13-24(14-20-27)31(37)35(25-15-17-26(42-3)18-16-25)21-8-22-36-32(38)28-11-6-9-23-10-7-12-29(30(23)28)33(36)39/h6-7,9-20H,4-5,8,21-22H2,1-3H3. The van der Waals surface area contributed by atoms with Crippen LogP contribution in [0.1, 0.15) is 51.3 Å². The van der Waals surface area contributed by atoms with Crippen LogP contribution in [0.2, 0.25) is 0 Å². The molecule has 0 aliphatic carbocycles. The van der Waals surface area contributed by atoms with E-state index < -0.39 is 10.0 Å².